The third-order valence-corrected chi connectivity index (χ3v) is 2.42. The van der Waals surface area contributed by atoms with E-state index in [4.69, 9.17) is 27.0 Å². The normalized spacial score (nSPS) is 14.0. The highest BCUT2D eigenvalue weighted by atomic mass is 35.5. The zero-order chi connectivity index (χ0) is 10.8. The van der Waals surface area contributed by atoms with Crippen LogP contribution in [0.1, 0.15) is 5.56 Å². The lowest BCUT2D eigenvalue weighted by Crippen LogP contribution is -2.16. The average Bonchev–Trinajstić information content (AvgIpc) is 2.26. The fraction of sp³-hybridized carbons (Fsp3) is 0.333. The molecule has 0 spiro atoms. The van der Waals surface area contributed by atoms with Crippen molar-refractivity contribution in [2.75, 3.05) is 13.2 Å². The van der Waals surface area contributed by atoms with Gasteiger partial charge in [-0.15, -0.1) is 0 Å². The summed E-state index contributed by atoms with van der Waals surface area (Å²) in [6.45, 7) is 0.929. The molecule has 3 N–H and O–H groups in total. The standard InChI is InChI=1S/C9H10ClNO4/c10-7-8(12)5(4-15-11)3-6-9(7)14-2-1-13-6/h3,12H,1-2,4,11H2. The van der Waals surface area contributed by atoms with Crippen LogP contribution in [0.2, 0.25) is 5.02 Å². The van der Waals surface area contributed by atoms with Crippen LogP contribution >= 0.6 is 11.6 Å². The molecule has 0 amide bonds. The number of phenols is 1. The number of nitrogens with two attached hydrogens (primary N) is 1. The Morgan fingerprint density at radius 3 is 2.93 bits per heavy atom. The summed E-state index contributed by atoms with van der Waals surface area (Å²) in [4.78, 5) is 4.44. The smallest absolute Gasteiger partial charge is 0.183 e. The molecule has 82 valence electrons. The van der Waals surface area contributed by atoms with Crippen LogP contribution in [0.5, 0.6) is 17.2 Å². The minimum absolute atomic E-state index is 0.0577. The van der Waals surface area contributed by atoms with Gasteiger partial charge in [0.1, 0.15) is 24.0 Å². The molecule has 0 unspecified atom stereocenters. The summed E-state index contributed by atoms with van der Waals surface area (Å²) in [7, 11) is 0. The predicted octanol–water partition coefficient (Wildman–Crippen LogP) is 1.21. The fourth-order valence-corrected chi connectivity index (χ4v) is 1.65. The molecule has 1 aromatic carbocycles. The van der Waals surface area contributed by atoms with Gasteiger partial charge in [0.25, 0.3) is 0 Å². The first kappa shape index (κ1) is 10.4. The van der Waals surface area contributed by atoms with Crippen LogP contribution in [0, 0.1) is 0 Å². The summed E-state index contributed by atoms with van der Waals surface area (Å²) in [5.41, 5.74) is 0.465. The van der Waals surface area contributed by atoms with Gasteiger partial charge in [-0.2, -0.15) is 0 Å². The van der Waals surface area contributed by atoms with Crippen molar-refractivity contribution < 1.29 is 19.4 Å². The Kier molecular flexibility index (Phi) is 2.86. The van der Waals surface area contributed by atoms with E-state index in [0.717, 1.165) is 0 Å². The molecule has 0 saturated heterocycles. The Labute approximate surface area is 91.3 Å². The minimum Gasteiger partial charge on any atom is -0.506 e. The average molecular weight is 232 g/mol. The van der Waals surface area contributed by atoms with Crippen LogP contribution in [0.25, 0.3) is 0 Å². The highest BCUT2D eigenvalue weighted by molar-refractivity contribution is 6.33. The van der Waals surface area contributed by atoms with Crippen molar-refractivity contribution in [2.24, 2.45) is 5.90 Å². The van der Waals surface area contributed by atoms with Crippen molar-refractivity contribution >= 4 is 11.6 Å². The third-order valence-electron chi connectivity index (χ3n) is 2.07. The molecule has 0 bridgehead atoms. The van der Waals surface area contributed by atoms with Gasteiger partial charge in [0.15, 0.2) is 11.5 Å². The summed E-state index contributed by atoms with van der Waals surface area (Å²) in [5.74, 6) is 5.70. The van der Waals surface area contributed by atoms with Crippen LogP contribution in [0.3, 0.4) is 0 Å². The highest BCUT2D eigenvalue weighted by Crippen LogP contribution is 2.44. The van der Waals surface area contributed by atoms with E-state index in [1.165, 1.54) is 0 Å². The first-order valence-corrected chi connectivity index (χ1v) is 4.73. The van der Waals surface area contributed by atoms with Gasteiger partial charge in [-0.25, -0.2) is 5.90 Å². The summed E-state index contributed by atoms with van der Waals surface area (Å²) in [6.07, 6.45) is 0. The molecule has 1 heterocycles. The molecular formula is C9H10ClNO4. The molecule has 0 radical (unpaired) electrons. The Bertz CT molecular complexity index is 383. The first-order valence-electron chi connectivity index (χ1n) is 4.35. The van der Waals surface area contributed by atoms with Crippen molar-refractivity contribution in [1.29, 1.82) is 0 Å². The lowest BCUT2D eigenvalue weighted by Gasteiger charge is -2.21. The van der Waals surface area contributed by atoms with Gasteiger partial charge in [0, 0.05) is 5.56 Å². The number of rotatable bonds is 2. The van der Waals surface area contributed by atoms with Crippen molar-refractivity contribution in [3.63, 3.8) is 0 Å². The molecule has 5 nitrogen and oxygen atoms in total. The number of aromatic hydroxyl groups is 1. The topological polar surface area (TPSA) is 73.9 Å². The molecule has 0 fully saturated rings. The highest BCUT2D eigenvalue weighted by Gasteiger charge is 2.21. The zero-order valence-electron chi connectivity index (χ0n) is 7.83. The SMILES string of the molecule is NOCc1cc2c(c(Cl)c1O)OCCO2. The van der Waals surface area contributed by atoms with Crippen molar-refractivity contribution in [1.82, 2.24) is 0 Å². The van der Waals surface area contributed by atoms with Crippen LogP contribution in [-0.2, 0) is 11.4 Å². The van der Waals surface area contributed by atoms with E-state index in [9.17, 15) is 5.11 Å². The van der Waals surface area contributed by atoms with E-state index in [1.54, 1.807) is 6.07 Å². The molecule has 0 atom stereocenters. The number of fused-ring (bicyclic) bond motifs is 1. The molecule has 1 aromatic rings. The third kappa shape index (κ3) is 1.81. The lowest BCUT2D eigenvalue weighted by atomic mass is 10.2. The number of benzene rings is 1. The molecule has 0 aromatic heterocycles. The zero-order valence-corrected chi connectivity index (χ0v) is 8.58. The van der Waals surface area contributed by atoms with Gasteiger partial charge < -0.3 is 14.6 Å². The molecule has 1 aliphatic rings. The van der Waals surface area contributed by atoms with Crippen molar-refractivity contribution in [2.45, 2.75) is 6.61 Å². The summed E-state index contributed by atoms with van der Waals surface area (Å²) >= 11 is 5.90. The van der Waals surface area contributed by atoms with Gasteiger partial charge in [-0.3, -0.25) is 4.84 Å². The Balaban J connectivity index is 2.47. The van der Waals surface area contributed by atoms with E-state index >= 15 is 0 Å². The molecule has 2 rings (SSSR count). The quantitative estimate of drug-likeness (QED) is 0.749. The maximum absolute atomic E-state index is 9.68. The van der Waals surface area contributed by atoms with Crippen LogP contribution in [0.4, 0.5) is 0 Å². The van der Waals surface area contributed by atoms with Gasteiger partial charge in [0.05, 0.1) is 6.61 Å². The van der Waals surface area contributed by atoms with Crippen LogP contribution in [-0.4, -0.2) is 18.3 Å². The van der Waals surface area contributed by atoms with E-state index < -0.39 is 0 Å². The number of hydrogen-bond donors (Lipinski definition) is 2. The van der Waals surface area contributed by atoms with Crippen molar-refractivity contribution in [3.8, 4) is 17.2 Å². The second-order valence-electron chi connectivity index (χ2n) is 3.03. The van der Waals surface area contributed by atoms with E-state index in [0.29, 0.717) is 30.3 Å². The number of hydrogen-bond acceptors (Lipinski definition) is 5. The lowest BCUT2D eigenvalue weighted by molar-refractivity contribution is 0.121. The maximum atomic E-state index is 9.68. The summed E-state index contributed by atoms with van der Waals surface area (Å²) in [5, 5.41) is 9.81. The van der Waals surface area contributed by atoms with Gasteiger partial charge in [-0.1, -0.05) is 11.6 Å². The number of halogens is 1. The van der Waals surface area contributed by atoms with E-state index in [-0.39, 0.29) is 17.4 Å². The second kappa shape index (κ2) is 4.14. The molecule has 6 heteroatoms. The number of ether oxygens (including phenoxy) is 2. The van der Waals surface area contributed by atoms with Crippen LogP contribution < -0.4 is 15.4 Å². The van der Waals surface area contributed by atoms with E-state index in [1.807, 2.05) is 0 Å². The van der Waals surface area contributed by atoms with Crippen LogP contribution in [0.15, 0.2) is 6.07 Å². The largest absolute Gasteiger partial charge is 0.506 e. The predicted molar refractivity (Wildman–Crippen MR) is 53.1 cm³/mol. The minimum atomic E-state index is -0.0913. The molecule has 15 heavy (non-hydrogen) atoms. The summed E-state index contributed by atoms with van der Waals surface area (Å²) < 4.78 is 10.6. The molecular weight excluding hydrogens is 222 g/mol. The second-order valence-corrected chi connectivity index (χ2v) is 3.41. The molecule has 0 saturated carbocycles. The molecule has 1 aliphatic heterocycles. The monoisotopic (exact) mass is 231 g/mol. The van der Waals surface area contributed by atoms with Gasteiger partial charge >= 0.3 is 0 Å². The number of phenolic OH excluding ortho intramolecular Hbond substituents is 1. The maximum Gasteiger partial charge on any atom is 0.183 e. The Morgan fingerprint density at radius 1 is 1.47 bits per heavy atom. The summed E-state index contributed by atoms with van der Waals surface area (Å²) in [6, 6.07) is 1.60. The Hall–Kier alpha value is -1.17. The Morgan fingerprint density at radius 2 is 2.20 bits per heavy atom. The van der Waals surface area contributed by atoms with Crippen molar-refractivity contribution in [3.05, 3.63) is 16.7 Å². The van der Waals surface area contributed by atoms with Gasteiger partial charge in [0.2, 0.25) is 0 Å². The van der Waals surface area contributed by atoms with E-state index in [2.05, 4.69) is 4.84 Å². The fourth-order valence-electron chi connectivity index (χ4n) is 1.39. The first-order chi connectivity index (χ1) is 7.24. The molecule has 0 aliphatic carbocycles. The van der Waals surface area contributed by atoms with Gasteiger partial charge in [-0.05, 0) is 6.07 Å².